The van der Waals surface area contributed by atoms with Gasteiger partial charge in [0.2, 0.25) is 0 Å². The molecule has 3 nitrogen and oxygen atoms in total. The summed E-state index contributed by atoms with van der Waals surface area (Å²) in [6.45, 7) is 0. The topological polar surface area (TPSA) is 42.2 Å². The molecule has 0 spiro atoms. The van der Waals surface area contributed by atoms with Crippen LogP contribution in [-0.2, 0) is 6.18 Å². The molecule has 0 aliphatic heterocycles. The summed E-state index contributed by atoms with van der Waals surface area (Å²) >= 11 is 2.96. The first kappa shape index (κ1) is 13.7. The average Bonchev–Trinajstić information content (AvgIpc) is 2.83. The van der Waals surface area contributed by atoms with E-state index in [-0.39, 0.29) is 15.9 Å². The number of benzene rings is 1. The van der Waals surface area contributed by atoms with Gasteiger partial charge in [0.1, 0.15) is 0 Å². The minimum absolute atomic E-state index is 0.0592. The molecule has 1 amide bonds. The van der Waals surface area contributed by atoms with E-state index in [1.807, 2.05) is 0 Å². The summed E-state index contributed by atoms with van der Waals surface area (Å²) in [5, 5.41) is 2.17. The van der Waals surface area contributed by atoms with Crippen molar-refractivity contribution in [1.29, 1.82) is 0 Å². The van der Waals surface area contributed by atoms with Crippen LogP contribution in [0.25, 0.3) is 0 Å². The second-order valence-corrected chi connectivity index (χ2v) is 4.53. The Morgan fingerprint density at radius 3 is 2.58 bits per heavy atom. The zero-order chi connectivity index (χ0) is 14.0. The van der Waals surface area contributed by atoms with Crippen molar-refractivity contribution in [1.82, 2.24) is 0 Å². The molecule has 1 N–H and O–H groups in total. The van der Waals surface area contributed by atoms with Crippen LogP contribution >= 0.6 is 15.9 Å². The number of carbonyl (C=O) groups is 1. The maximum Gasteiger partial charge on any atom is 0.418 e. The molecule has 0 atom stereocenters. The van der Waals surface area contributed by atoms with Crippen LogP contribution < -0.4 is 5.32 Å². The van der Waals surface area contributed by atoms with Crippen molar-refractivity contribution in [2.75, 3.05) is 5.32 Å². The molecule has 2 aromatic rings. The van der Waals surface area contributed by atoms with Crippen molar-refractivity contribution in [3.63, 3.8) is 0 Å². The van der Waals surface area contributed by atoms with Crippen LogP contribution in [0.2, 0.25) is 0 Å². The molecule has 0 saturated heterocycles. The smallest absolute Gasteiger partial charge is 0.418 e. The lowest BCUT2D eigenvalue weighted by Gasteiger charge is -2.13. The summed E-state index contributed by atoms with van der Waals surface area (Å²) in [6, 6.07) is 6.32. The third-order valence-electron chi connectivity index (χ3n) is 2.28. The monoisotopic (exact) mass is 333 g/mol. The SMILES string of the molecule is O=C(Nc1ccc(Br)cc1C(F)(F)F)c1ccco1. The highest BCUT2D eigenvalue weighted by molar-refractivity contribution is 9.10. The van der Waals surface area contributed by atoms with Crippen LogP contribution in [0.3, 0.4) is 0 Å². The van der Waals surface area contributed by atoms with Gasteiger partial charge >= 0.3 is 6.18 Å². The van der Waals surface area contributed by atoms with E-state index in [1.165, 1.54) is 30.5 Å². The van der Waals surface area contributed by atoms with E-state index in [0.29, 0.717) is 0 Å². The van der Waals surface area contributed by atoms with Gasteiger partial charge in [0.15, 0.2) is 5.76 Å². The molecular formula is C12H7BrF3NO2. The number of nitrogens with one attached hydrogen (secondary N) is 1. The summed E-state index contributed by atoms with van der Waals surface area (Å²) in [5.41, 5.74) is -1.25. The predicted octanol–water partition coefficient (Wildman–Crippen LogP) is 4.31. The molecule has 19 heavy (non-hydrogen) atoms. The van der Waals surface area contributed by atoms with Gasteiger partial charge in [0.05, 0.1) is 17.5 Å². The molecular weight excluding hydrogens is 327 g/mol. The van der Waals surface area contributed by atoms with Crippen molar-refractivity contribution in [3.05, 3.63) is 52.4 Å². The lowest BCUT2D eigenvalue weighted by molar-refractivity contribution is -0.136. The Labute approximate surface area is 114 Å². The van der Waals surface area contributed by atoms with Gasteiger partial charge in [0.25, 0.3) is 5.91 Å². The highest BCUT2D eigenvalue weighted by Gasteiger charge is 2.34. The third-order valence-corrected chi connectivity index (χ3v) is 2.77. The Morgan fingerprint density at radius 2 is 2.00 bits per heavy atom. The number of anilines is 1. The number of hydrogen-bond acceptors (Lipinski definition) is 2. The lowest BCUT2D eigenvalue weighted by atomic mass is 10.1. The lowest BCUT2D eigenvalue weighted by Crippen LogP contribution is -2.16. The second kappa shape index (κ2) is 5.08. The number of halogens is 4. The molecule has 2 rings (SSSR count). The van der Waals surface area contributed by atoms with E-state index in [4.69, 9.17) is 4.42 Å². The fourth-order valence-corrected chi connectivity index (χ4v) is 1.81. The first-order chi connectivity index (χ1) is 8.88. The first-order valence-corrected chi connectivity index (χ1v) is 5.89. The minimum atomic E-state index is -4.56. The summed E-state index contributed by atoms with van der Waals surface area (Å²) in [6.07, 6.45) is -3.29. The largest absolute Gasteiger partial charge is 0.459 e. The maximum atomic E-state index is 12.8. The fourth-order valence-electron chi connectivity index (χ4n) is 1.45. The summed E-state index contributed by atoms with van der Waals surface area (Å²) in [4.78, 5) is 11.7. The molecule has 0 aliphatic carbocycles. The normalized spacial score (nSPS) is 11.4. The molecule has 0 radical (unpaired) electrons. The van der Waals surface area contributed by atoms with Crippen molar-refractivity contribution >= 4 is 27.5 Å². The number of carbonyl (C=O) groups excluding carboxylic acids is 1. The van der Waals surface area contributed by atoms with Crippen LogP contribution in [0.1, 0.15) is 16.1 Å². The Morgan fingerprint density at radius 1 is 1.26 bits per heavy atom. The van der Waals surface area contributed by atoms with Gasteiger partial charge in [-0.2, -0.15) is 13.2 Å². The first-order valence-electron chi connectivity index (χ1n) is 5.09. The molecule has 1 heterocycles. The average molecular weight is 334 g/mol. The number of furan rings is 1. The molecule has 0 saturated carbocycles. The van der Waals surface area contributed by atoms with E-state index in [1.54, 1.807) is 0 Å². The molecule has 0 fully saturated rings. The van der Waals surface area contributed by atoms with Crippen LogP contribution in [0, 0.1) is 0 Å². The number of rotatable bonds is 2. The molecule has 7 heteroatoms. The van der Waals surface area contributed by atoms with E-state index in [9.17, 15) is 18.0 Å². The van der Waals surface area contributed by atoms with Gasteiger partial charge in [-0.3, -0.25) is 4.79 Å². The van der Waals surface area contributed by atoms with Gasteiger partial charge in [-0.15, -0.1) is 0 Å². The van der Waals surface area contributed by atoms with Crippen LogP contribution in [0.4, 0.5) is 18.9 Å². The highest BCUT2D eigenvalue weighted by atomic mass is 79.9. The van der Waals surface area contributed by atoms with E-state index >= 15 is 0 Å². The van der Waals surface area contributed by atoms with E-state index < -0.39 is 17.6 Å². The fraction of sp³-hybridized carbons (Fsp3) is 0.0833. The highest BCUT2D eigenvalue weighted by Crippen LogP contribution is 2.36. The molecule has 1 aromatic heterocycles. The summed E-state index contributed by atoms with van der Waals surface area (Å²) in [7, 11) is 0. The van der Waals surface area contributed by atoms with Gasteiger partial charge in [-0.25, -0.2) is 0 Å². The Bertz CT molecular complexity index is 594. The van der Waals surface area contributed by atoms with Crippen molar-refractivity contribution in [2.24, 2.45) is 0 Å². The molecule has 0 unspecified atom stereocenters. The van der Waals surface area contributed by atoms with E-state index in [2.05, 4.69) is 21.2 Å². The van der Waals surface area contributed by atoms with E-state index in [0.717, 1.165) is 6.07 Å². The van der Waals surface area contributed by atoms with Crippen LogP contribution in [0.5, 0.6) is 0 Å². The molecule has 1 aromatic carbocycles. The molecule has 100 valence electrons. The molecule has 0 aliphatic rings. The van der Waals surface area contributed by atoms with Crippen molar-refractivity contribution in [2.45, 2.75) is 6.18 Å². The zero-order valence-corrected chi connectivity index (χ0v) is 10.9. The Hall–Kier alpha value is -1.76. The zero-order valence-electron chi connectivity index (χ0n) is 9.29. The third kappa shape index (κ3) is 3.17. The van der Waals surface area contributed by atoms with Gasteiger partial charge in [-0.05, 0) is 30.3 Å². The quantitative estimate of drug-likeness (QED) is 0.889. The summed E-state index contributed by atoms with van der Waals surface area (Å²) in [5.74, 6) is -0.797. The maximum absolute atomic E-state index is 12.8. The standard InChI is InChI=1S/C12H7BrF3NO2/c13-7-3-4-9(8(6-7)12(14,15)16)17-11(18)10-2-1-5-19-10/h1-6H,(H,17,18). The van der Waals surface area contributed by atoms with Crippen molar-refractivity contribution < 1.29 is 22.4 Å². The number of hydrogen-bond donors (Lipinski definition) is 1. The van der Waals surface area contributed by atoms with Crippen LogP contribution in [0.15, 0.2) is 45.5 Å². The van der Waals surface area contributed by atoms with Crippen LogP contribution in [-0.4, -0.2) is 5.91 Å². The van der Waals surface area contributed by atoms with Gasteiger partial charge < -0.3 is 9.73 Å². The minimum Gasteiger partial charge on any atom is -0.459 e. The summed E-state index contributed by atoms with van der Waals surface area (Å²) < 4.78 is 43.6. The molecule has 0 bridgehead atoms. The van der Waals surface area contributed by atoms with Gasteiger partial charge in [0, 0.05) is 4.47 Å². The Kier molecular flexibility index (Phi) is 3.66. The predicted molar refractivity (Wildman–Crippen MR) is 65.8 cm³/mol. The Balaban J connectivity index is 2.33. The van der Waals surface area contributed by atoms with Crippen molar-refractivity contribution in [3.8, 4) is 0 Å². The second-order valence-electron chi connectivity index (χ2n) is 3.62. The number of alkyl halides is 3. The number of amides is 1. The van der Waals surface area contributed by atoms with Gasteiger partial charge in [-0.1, -0.05) is 15.9 Å².